The minimum Gasteiger partial charge on any atom is -0.399 e. The molecule has 4 heteroatoms. The number of hydrogen-bond donors (Lipinski definition) is 1. The van der Waals surface area contributed by atoms with Gasteiger partial charge in [0, 0.05) is 52.3 Å². The van der Waals surface area contributed by atoms with E-state index >= 15 is 0 Å². The molecule has 0 atom stereocenters. The lowest BCUT2D eigenvalue weighted by Gasteiger charge is -1.98. The van der Waals surface area contributed by atoms with Crippen molar-refractivity contribution >= 4 is 104 Å². The van der Waals surface area contributed by atoms with Crippen molar-refractivity contribution in [2.45, 2.75) is 0 Å². The molecular weight excluding hydrogens is 601 g/mol. The molecule has 0 unspecified atom stereocenters. The third-order valence-electron chi connectivity index (χ3n) is 8.43. The Hall–Kier alpha value is -4.55. The number of nitrogen functional groups attached to an aromatic ring is 1. The normalized spacial score (nSPS) is 12.2. The number of nitrogens with zero attached hydrogens (tertiary/aromatic N) is 2. The summed E-state index contributed by atoms with van der Waals surface area (Å²) in [7, 11) is 0. The maximum Gasteiger partial charge on any atom is 0.0620 e. The molecule has 10 rings (SSSR count). The molecule has 0 saturated heterocycles. The maximum atomic E-state index is 5.97. The highest BCUT2D eigenvalue weighted by Gasteiger charge is 2.17. The second-order valence-corrected chi connectivity index (χ2v) is 11.8. The quantitative estimate of drug-likeness (QED) is 0.132. The number of halogens is 1. The average Bonchev–Trinajstić information content (AvgIpc) is 3.71. The molecule has 0 bridgehead atoms. The average molecular weight is 623 g/mol. The van der Waals surface area contributed by atoms with Crippen LogP contribution in [0.15, 0.2) is 121 Å². The van der Waals surface area contributed by atoms with Crippen LogP contribution < -0.4 is 5.73 Å². The lowest BCUT2D eigenvalue weighted by molar-refractivity contribution is 1.37. The Bertz CT molecular complexity index is 2390. The number of benzene rings is 6. The van der Waals surface area contributed by atoms with Crippen molar-refractivity contribution in [2.75, 3.05) is 5.73 Å². The fraction of sp³-hybridized carbons (Fsp3) is 0. The monoisotopic (exact) mass is 623 g/mol. The SMILES string of the molecule is Ic1ccc2c(c1)c1cccc3c4ccccc4n2c31.Nc1ccc2c(c1)c1cccc3c4ccccc4n2c31. The van der Waals surface area contributed by atoms with Crippen LogP contribution in [0.2, 0.25) is 0 Å². The molecule has 0 radical (unpaired) electrons. The van der Waals surface area contributed by atoms with E-state index in [1.807, 2.05) is 6.07 Å². The van der Waals surface area contributed by atoms with Crippen molar-refractivity contribution in [1.82, 2.24) is 8.80 Å². The van der Waals surface area contributed by atoms with Gasteiger partial charge in [0.1, 0.15) is 0 Å². The lowest BCUT2D eigenvalue weighted by atomic mass is 10.1. The van der Waals surface area contributed by atoms with E-state index < -0.39 is 0 Å². The molecule has 188 valence electrons. The van der Waals surface area contributed by atoms with E-state index in [0.29, 0.717) is 0 Å². The maximum absolute atomic E-state index is 5.97. The van der Waals surface area contributed by atoms with Crippen LogP contribution in [-0.2, 0) is 0 Å². The van der Waals surface area contributed by atoms with Crippen LogP contribution in [0.1, 0.15) is 0 Å². The first kappa shape index (κ1) is 22.3. The molecule has 0 fully saturated rings. The zero-order valence-corrected chi connectivity index (χ0v) is 23.6. The van der Waals surface area contributed by atoms with Crippen LogP contribution in [0.5, 0.6) is 0 Å². The fourth-order valence-corrected chi connectivity index (χ4v) is 7.35. The molecule has 6 aromatic carbocycles. The van der Waals surface area contributed by atoms with E-state index in [0.717, 1.165) is 5.69 Å². The number of nitrogens with two attached hydrogens (primary N) is 1. The number of para-hydroxylation sites is 4. The van der Waals surface area contributed by atoms with Gasteiger partial charge in [-0.2, -0.15) is 0 Å². The van der Waals surface area contributed by atoms with Gasteiger partial charge in [-0.3, -0.25) is 0 Å². The van der Waals surface area contributed by atoms with Crippen LogP contribution >= 0.6 is 22.6 Å². The van der Waals surface area contributed by atoms with Crippen molar-refractivity contribution in [3.05, 3.63) is 125 Å². The van der Waals surface area contributed by atoms with Crippen molar-refractivity contribution in [3.63, 3.8) is 0 Å². The largest absolute Gasteiger partial charge is 0.399 e. The van der Waals surface area contributed by atoms with E-state index in [1.165, 1.54) is 79.8 Å². The molecule has 40 heavy (non-hydrogen) atoms. The highest BCUT2D eigenvalue weighted by molar-refractivity contribution is 14.1. The Labute approximate surface area is 242 Å². The zero-order valence-electron chi connectivity index (χ0n) is 21.4. The second kappa shape index (κ2) is 7.99. The van der Waals surface area contributed by atoms with Gasteiger partial charge in [0.05, 0.1) is 33.1 Å². The Kier molecular flexibility index (Phi) is 4.45. The van der Waals surface area contributed by atoms with Gasteiger partial charge in [-0.05, 0) is 71.1 Å². The third-order valence-corrected chi connectivity index (χ3v) is 9.10. The number of anilines is 1. The van der Waals surface area contributed by atoms with E-state index in [4.69, 9.17) is 5.73 Å². The Morgan fingerprint density at radius 2 is 0.825 bits per heavy atom. The molecule has 3 nitrogen and oxygen atoms in total. The molecule has 0 aliphatic heterocycles. The Morgan fingerprint density at radius 1 is 0.400 bits per heavy atom. The Balaban J connectivity index is 0.000000115. The summed E-state index contributed by atoms with van der Waals surface area (Å²) in [6.07, 6.45) is 0. The summed E-state index contributed by atoms with van der Waals surface area (Å²) in [4.78, 5) is 0. The predicted molar refractivity (Wildman–Crippen MR) is 179 cm³/mol. The summed E-state index contributed by atoms with van der Waals surface area (Å²) in [5.74, 6) is 0. The van der Waals surface area contributed by atoms with E-state index in [1.54, 1.807) is 0 Å². The predicted octanol–water partition coefficient (Wildman–Crippen LogP) is 9.86. The first-order chi connectivity index (χ1) is 19.7. The summed E-state index contributed by atoms with van der Waals surface area (Å²) >= 11 is 2.39. The summed E-state index contributed by atoms with van der Waals surface area (Å²) in [6, 6.07) is 43.3. The molecule has 0 aliphatic carbocycles. The van der Waals surface area contributed by atoms with Crippen LogP contribution in [0.25, 0.3) is 76.2 Å². The third kappa shape index (κ3) is 2.84. The van der Waals surface area contributed by atoms with Crippen molar-refractivity contribution < 1.29 is 0 Å². The molecule has 0 aliphatic rings. The zero-order chi connectivity index (χ0) is 26.5. The highest BCUT2D eigenvalue weighted by Crippen LogP contribution is 2.40. The van der Waals surface area contributed by atoms with Crippen molar-refractivity contribution in [3.8, 4) is 0 Å². The van der Waals surface area contributed by atoms with Gasteiger partial charge in [-0.1, -0.05) is 72.8 Å². The first-order valence-electron chi connectivity index (χ1n) is 13.4. The standard InChI is InChI=1S/C18H10IN.C18H12N2/c2*19-11-8-9-17-15(10-11)14-6-3-5-13-12-4-1-2-7-16(12)20(17)18(13)14/h1-10H;1-10H,19H2. The minimum absolute atomic E-state index is 0.816. The molecule has 10 aromatic rings. The molecule has 0 saturated carbocycles. The van der Waals surface area contributed by atoms with Crippen molar-refractivity contribution in [1.29, 1.82) is 0 Å². The smallest absolute Gasteiger partial charge is 0.0620 e. The van der Waals surface area contributed by atoms with E-state index in [-0.39, 0.29) is 0 Å². The van der Waals surface area contributed by atoms with Gasteiger partial charge in [0.15, 0.2) is 0 Å². The molecule has 0 spiro atoms. The molecule has 4 aromatic heterocycles. The lowest BCUT2D eigenvalue weighted by Crippen LogP contribution is -1.84. The van der Waals surface area contributed by atoms with Gasteiger partial charge in [-0.25, -0.2) is 0 Å². The second-order valence-electron chi connectivity index (χ2n) is 10.5. The van der Waals surface area contributed by atoms with Gasteiger partial charge in [-0.15, -0.1) is 0 Å². The topological polar surface area (TPSA) is 34.8 Å². The van der Waals surface area contributed by atoms with Gasteiger partial charge in [0.25, 0.3) is 0 Å². The van der Waals surface area contributed by atoms with Gasteiger partial charge in [0.2, 0.25) is 0 Å². The minimum atomic E-state index is 0.816. The Morgan fingerprint density at radius 3 is 1.40 bits per heavy atom. The first-order valence-corrected chi connectivity index (χ1v) is 14.5. The van der Waals surface area contributed by atoms with E-state index in [9.17, 15) is 0 Å². The van der Waals surface area contributed by atoms with Crippen LogP contribution in [0, 0.1) is 3.57 Å². The highest BCUT2D eigenvalue weighted by atomic mass is 127. The molecule has 2 N–H and O–H groups in total. The summed E-state index contributed by atoms with van der Waals surface area (Å²) in [5.41, 5.74) is 14.5. The fourth-order valence-electron chi connectivity index (χ4n) is 6.86. The number of rotatable bonds is 0. The van der Waals surface area contributed by atoms with Gasteiger partial charge >= 0.3 is 0 Å². The van der Waals surface area contributed by atoms with E-state index in [2.05, 4.69) is 147 Å². The summed E-state index contributed by atoms with van der Waals surface area (Å²) in [6.45, 7) is 0. The molecule has 0 amide bonds. The van der Waals surface area contributed by atoms with Crippen molar-refractivity contribution in [2.24, 2.45) is 0 Å². The van der Waals surface area contributed by atoms with Crippen LogP contribution in [0.3, 0.4) is 0 Å². The number of fused-ring (bicyclic) bond motifs is 12. The molecule has 4 heterocycles. The van der Waals surface area contributed by atoms with Gasteiger partial charge < -0.3 is 14.5 Å². The summed E-state index contributed by atoms with van der Waals surface area (Å²) in [5, 5.41) is 10.5. The van der Waals surface area contributed by atoms with Crippen LogP contribution in [0.4, 0.5) is 5.69 Å². The number of hydrogen-bond acceptors (Lipinski definition) is 1. The summed E-state index contributed by atoms with van der Waals surface area (Å²) < 4.78 is 6.05. The number of aromatic nitrogens is 2. The van der Waals surface area contributed by atoms with Crippen LogP contribution in [-0.4, -0.2) is 8.80 Å². The molecular formula is C36H22IN3.